The molecule has 0 radical (unpaired) electrons. The number of nitrogens with zero attached hydrogens (tertiary/aromatic N) is 1. The van der Waals surface area contributed by atoms with Gasteiger partial charge in [-0.25, -0.2) is 0 Å². The molecule has 1 aromatic heterocycles. The number of rotatable bonds is 8. The Morgan fingerprint density at radius 1 is 1.00 bits per heavy atom. The zero-order chi connectivity index (χ0) is 21.8. The summed E-state index contributed by atoms with van der Waals surface area (Å²) in [6.45, 7) is 7.63. The molecule has 0 aliphatic heterocycles. The number of nitrogens with one attached hydrogen (secondary N) is 1. The Balaban J connectivity index is 1.53. The van der Waals surface area contributed by atoms with Crippen molar-refractivity contribution in [3.63, 3.8) is 0 Å². The first-order valence-electron chi connectivity index (χ1n) is 11.5. The summed E-state index contributed by atoms with van der Waals surface area (Å²) < 4.78 is 8.51. The van der Waals surface area contributed by atoms with Gasteiger partial charge in [0.15, 0.2) is 0 Å². The number of likely N-dealkylation sites (N-methyl/N-ethyl adjacent to an activating group) is 1. The van der Waals surface area contributed by atoms with E-state index in [4.69, 9.17) is 27.9 Å². The van der Waals surface area contributed by atoms with Gasteiger partial charge in [0.25, 0.3) is 0 Å². The van der Waals surface area contributed by atoms with Crippen LogP contribution >= 0.6 is 23.2 Å². The number of aryl methyl sites for hydroxylation is 2. The van der Waals surface area contributed by atoms with E-state index in [1.54, 1.807) is 0 Å². The SMILES string of the molecule is CCNCCc1c(C)n(CCOc2ccc3c(c2)CCCCC3)c2cc(Cl)c(Cl)cc12. The minimum absolute atomic E-state index is 0.595. The average Bonchev–Trinajstić information content (AvgIpc) is 2.91. The van der Waals surface area contributed by atoms with E-state index in [2.05, 4.69) is 41.9 Å². The summed E-state index contributed by atoms with van der Waals surface area (Å²) in [7, 11) is 0. The second-order valence-corrected chi connectivity index (χ2v) is 9.26. The maximum absolute atomic E-state index is 6.37. The average molecular weight is 459 g/mol. The van der Waals surface area contributed by atoms with Crippen LogP contribution in [0.2, 0.25) is 10.0 Å². The predicted molar refractivity (Wildman–Crippen MR) is 132 cm³/mol. The Bertz CT molecular complexity index is 1060. The zero-order valence-electron chi connectivity index (χ0n) is 18.6. The van der Waals surface area contributed by atoms with Gasteiger partial charge in [-0.3, -0.25) is 0 Å². The van der Waals surface area contributed by atoms with E-state index in [1.165, 1.54) is 59.9 Å². The molecular weight excluding hydrogens is 427 g/mol. The fourth-order valence-corrected chi connectivity index (χ4v) is 5.09. The molecule has 5 heteroatoms. The summed E-state index contributed by atoms with van der Waals surface area (Å²) in [6, 6.07) is 10.6. The fourth-order valence-electron chi connectivity index (χ4n) is 4.76. The first-order chi connectivity index (χ1) is 15.1. The molecule has 0 spiro atoms. The standard InChI is InChI=1S/C26H32Cl2N2O/c1-3-29-12-11-22-18(2)30(26-17-25(28)24(27)16-23(22)26)13-14-31-21-10-9-19-7-5-4-6-8-20(19)15-21/h9-10,15-17,29H,3-8,11-14H2,1-2H3. The van der Waals surface area contributed by atoms with Crippen molar-refractivity contribution in [2.24, 2.45) is 0 Å². The van der Waals surface area contributed by atoms with E-state index < -0.39 is 0 Å². The molecule has 1 N–H and O–H groups in total. The molecule has 0 atom stereocenters. The normalized spacial score (nSPS) is 13.9. The van der Waals surface area contributed by atoms with Crippen molar-refractivity contribution in [1.82, 2.24) is 9.88 Å². The Labute approximate surface area is 195 Å². The van der Waals surface area contributed by atoms with Gasteiger partial charge in [0.2, 0.25) is 0 Å². The Morgan fingerprint density at radius 3 is 2.58 bits per heavy atom. The third kappa shape index (κ3) is 5.05. The Morgan fingerprint density at radius 2 is 1.77 bits per heavy atom. The quantitative estimate of drug-likeness (QED) is 0.298. The summed E-state index contributed by atoms with van der Waals surface area (Å²) in [4.78, 5) is 0. The predicted octanol–water partition coefficient (Wildman–Crippen LogP) is 6.76. The maximum Gasteiger partial charge on any atom is 0.119 e. The number of benzene rings is 2. The summed E-state index contributed by atoms with van der Waals surface area (Å²) in [5.41, 5.74) is 6.68. The van der Waals surface area contributed by atoms with Crippen LogP contribution in [0.25, 0.3) is 10.9 Å². The Kier molecular flexibility index (Phi) is 7.47. The monoisotopic (exact) mass is 458 g/mol. The molecule has 0 amide bonds. The van der Waals surface area contributed by atoms with Crippen LogP contribution in [-0.4, -0.2) is 24.3 Å². The molecule has 1 heterocycles. The third-order valence-electron chi connectivity index (χ3n) is 6.45. The van der Waals surface area contributed by atoms with Crippen molar-refractivity contribution in [2.45, 2.75) is 58.9 Å². The van der Waals surface area contributed by atoms with Crippen LogP contribution in [0.3, 0.4) is 0 Å². The van der Waals surface area contributed by atoms with Gasteiger partial charge in [0.05, 0.1) is 22.1 Å². The van der Waals surface area contributed by atoms with Crippen LogP contribution in [0.1, 0.15) is 48.6 Å². The molecular formula is C26H32Cl2N2O. The number of hydrogen-bond donors (Lipinski definition) is 1. The van der Waals surface area contributed by atoms with Gasteiger partial charge >= 0.3 is 0 Å². The maximum atomic E-state index is 6.37. The van der Waals surface area contributed by atoms with Crippen LogP contribution < -0.4 is 10.1 Å². The van der Waals surface area contributed by atoms with Crippen LogP contribution in [0.5, 0.6) is 5.75 Å². The molecule has 3 aromatic rings. The molecule has 166 valence electrons. The highest BCUT2D eigenvalue weighted by Gasteiger charge is 2.16. The van der Waals surface area contributed by atoms with E-state index in [-0.39, 0.29) is 0 Å². The number of hydrogen-bond acceptors (Lipinski definition) is 2. The van der Waals surface area contributed by atoms with E-state index in [9.17, 15) is 0 Å². The number of aromatic nitrogens is 1. The van der Waals surface area contributed by atoms with E-state index in [1.807, 2.05) is 12.1 Å². The van der Waals surface area contributed by atoms with Gasteiger partial charge < -0.3 is 14.6 Å². The van der Waals surface area contributed by atoms with Crippen molar-refractivity contribution in [1.29, 1.82) is 0 Å². The molecule has 1 aliphatic rings. The van der Waals surface area contributed by atoms with Crippen molar-refractivity contribution in [2.75, 3.05) is 19.7 Å². The molecule has 31 heavy (non-hydrogen) atoms. The highest BCUT2D eigenvalue weighted by molar-refractivity contribution is 6.42. The lowest BCUT2D eigenvalue weighted by molar-refractivity contribution is 0.299. The molecule has 4 rings (SSSR count). The van der Waals surface area contributed by atoms with Crippen molar-refractivity contribution in [3.05, 3.63) is 62.8 Å². The van der Waals surface area contributed by atoms with Gasteiger partial charge in [-0.05, 0) is 93.1 Å². The zero-order valence-corrected chi connectivity index (χ0v) is 20.1. The van der Waals surface area contributed by atoms with Crippen LogP contribution in [0.4, 0.5) is 0 Å². The molecule has 0 unspecified atom stereocenters. The third-order valence-corrected chi connectivity index (χ3v) is 7.17. The minimum atomic E-state index is 0.595. The van der Waals surface area contributed by atoms with Crippen molar-refractivity contribution < 1.29 is 4.74 Å². The smallest absolute Gasteiger partial charge is 0.119 e. The first kappa shape index (κ1) is 22.5. The largest absolute Gasteiger partial charge is 0.492 e. The van der Waals surface area contributed by atoms with E-state index in [0.717, 1.165) is 37.3 Å². The second-order valence-electron chi connectivity index (χ2n) is 8.44. The molecule has 0 saturated carbocycles. The van der Waals surface area contributed by atoms with E-state index >= 15 is 0 Å². The fraction of sp³-hybridized carbons (Fsp3) is 0.462. The van der Waals surface area contributed by atoms with Crippen LogP contribution in [-0.2, 0) is 25.8 Å². The summed E-state index contributed by atoms with van der Waals surface area (Å²) in [6.07, 6.45) is 7.24. The van der Waals surface area contributed by atoms with E-state index in [0.29, 0.717) is 16.7 Å². The van der Waals surface area contributed by atoms with Gasteiger partial charge in [-0.15, -0.1) is 0 Å². The lowest BCUT2D eigenvalue weighted by Crippen LogP contribution is -2.16. The first-order valence-corrected chi connectivity index (χ1v) is 12.3. The highest BCUT2D eigenvalue weighted by Crippen LogP contribution is 2.33. The van der Waals surface area contributed by atoms with Gasteiger partial charge in [-0.1, -0.05) is 42.6 Å². The van der Waals surface area contributed by atoms with Gasteiger partial charge in [-0.2, -0.15) is 0 Å². The van der Waals surface area contributed by atoms with Gasteiger partial charge in [0.1, 0.15) is 12.4 Å². The lowest BCUT2D eigenvalue weighted by Gasteiger charge is -2.13. The molecule has 1 aliphatic carbocycles. The number of fused-ring (bicyclic) bond motifs is 2. The molecule has 3 nitrogen and oxygen atoms in total. The summed E-state index contributed by atoms with van der Waals surface area (Å²) in [5.74, 6) is 0.975. The lowest BCUT2D eigenvalue weighted by atomic mass is 10.0. The summed E-state index contributed by atoms with van der Waals surface area (Å²) in [5, 5.41) is 5.82. The number of ether oxygens (including phenoxy) is 1. The highest BCUT2D eigenvalue weighted by atomic mass is 35.5. The van der Waals surface area contributed by atoms with Crippen molar-refractivity contribution >= 4 is 34.1 Å². The molecule has 0 bridgehead atoms. The Hall–Kier alpha value is -1.68. The number of halogens is 2. The molecule has 0 fully saturated rings. The molecule has 2 aromatic carbocycles. The van der Waals surface area contributed by atoms with Crippen LogP contribution in [0, 0.1) is 6.92 Å². The summed E-state index contributed by atoms with van der Waals surface area (Å²) >= 11 is 12.7. The topological polar surface area (TPSA) is 26.2 Å². The van der Waals surface area contributed by atoms with Crippen LogP contribution in [0.15, 0.2) is 30.3 Å². The van der Waals surface area contributed by atoms with Gasteiger partial charge in [0, 0.05) is 11.1 Å². The second kappa shape index (κ2) is 10.3. The minimum Gasteiger partial charge on any atom is -0.492 e. The molecule has 0 saturated heterocycles. The van der Waals surface area contributed by atoms with Crippen molar-refractivity contribution in [3.8, 4) is 5.75 Å².